The van der Waals surface area contributed by atoms with Crippen LogP contribution in [0.4, 0.5) is 5.69 Å². The van der Waals surface area contributed by atoms with Crippen LogP contribution >= 0.6 is 0 Å². The van der Waals surface area contributed by atoms with E-state index >= 15 is 0 Å². The average molecular weight is 326 g/mol. The maximum atomic E-state index is 12.3. The molecule has 0 saturated carbocycles. The van der Waals surface area contributed by atoms with Gasteiger partial charge in [0.15, 0.2) is 0 Å². The molecule has 0 spiro atoms. The Kier molecular flexibility index (Phi) is 2.87. The number of H-pyrrole nitrogens is 2. The zero-order valence-corrected chi connectivity index (χ0v) is 13.2. The van der Waals surface area contributed by atoms with Crippen molar-refractivity contribution in [1.82, 2.24) is 15.2 Å². The van der Waals surface area contributed by atoms with E-state index in [0.717, 1.165) is 39.1 Å². The normalized spacial score (nSPS) is 14.9. The Labute approximate surface area is 143 Å². The van der Waals surface area contributed by atoms with E-state index in [0.29, 0.717) is 5.57 Å². The molecule has 0 aliphatic carbocycles. The summed E-state index contributed by atoms with van der Waals surface area (Å²) in [6.07, 6.45) is 3.79. The Hall–Kier alpha value is -3.60. The van der Waals surface area contributed by atoms with E-state index < -0.39 is 0 Å². The van der Waals surface area contributed by atoms with Gasteiger partial charge in [0.1, 0.15) is 5.69 Å². The summed E-state index contributed by atoms with van der Waals surface area (Å²) >= 11 is 0. The van der Waals surface area contributed by atoms with Crippen molar-refractivity contribution < 1.29 is 4.79 Å². The molecule has 2 aromatic carbocycles. The summed E-state index contributed by atoms with van der Waals surface area (Å²) in [5.74, 6) is -0.0713. The Bertz CT molecular complexity index is 1140. The highest BCUT2D eigenvalue weighted by Gasteiger charge is 2.23. The van der Waals surface area contributed by atoms with Crippen LogP contribution in [0.15, 0.2) is 60.8 Å². The second-order valence-electron chi connectivity index (χ2n) is 6.02. The molecule has 0 radical (unpaired) electrons. The number of hydrogen-bond donors (Lipinski definition) is 3. The van der Waals surface area contributed by atoms with Crippen LogP contribution in [0.2, 0.25) is 0 Å². The van der Waals surface area contributed by atoms with E-state index in [1.165, 1.54) is 0 Å². The van der Waals surface area contributed by atoms with Gasteiger partial charge in [-0.2, -0.15) is 5.10 Å². The Morgan fingerprint density at radius 3 is 2.80 bits per heavy atom. The minimum atomic E-state index is -0.0713. The predicted octanol–water partition coefficient (Wildman–Crippen LogP) is 4.05. The van der Waals surface area contributed by atoms with Crippen molar-refractivity contribution >= 4 is 34.1 Å². The lowest BCUT2D eigenvalue weighted by molar-refractivity contribution is -0.110. The lowest BCUT2D eigenvalue weighted by Crippen LogP contribution is -2.03. The zero-order chi connectivity index (χ0) is 16.8. The molecule has 0 bridgehead atoms. The number of anilines is 1. The number of aromatic amines is 2. The van der Waals surface area contributed by atoms with Gasteiger partial charge in [-0.15, -0.1) is 0 Å². The third-order valence-corrected chi connectivity index (χ3v) is 4.46. The highest BCUT2D eigenvalue weighted by atomic mass is 16.2. The molecule has 1 amide bonds. The molecule has 1 aliphatic rings. The molecule has 5 heteroatoms. The molecular formula is C20H14N4O. The van der Waals surface area contributed by atoms with E-state index in [-0.39, 0.29) is 5.91 Å². The van der Waals surface area contributed by atoms with Crippen LogP contribution in [0.3, 0.4) is 0 Å². The molecule has 4 aromatic rings. The molecule has 5 rings (SSSR count). The highest BCUT2D eigenvalue weighted by molar-refractivity contribution is 6.34. The molecule has 3 heterocycles. The first-order chi connectivity index (χ1) is 12.3. The van der Waals surface area contributed by atoms with E-state index in [9.17, 15) is 4.79 Å². The van der Waals surface area contributed by atoms with Gasteiger partial charge in [-0.05, 0) is 42.0 Å². The first-order valence-corrected chi connectivity index (χ1v) is 8.04. The molecule has 25 heavy (non-hydrogen) atoms. The van der Waals surface area contributed by atoms with Crippen molar-refractivity contribution in [1.29, 1.82) is 0 Å². The Balaban J connectivity index is 1.60. The third kappa shape index (κ3) is 2.17. The standard InChI is InChI=1S/C20H14N4O/c25-20-15(13-4-1-2-5-16(13)22-20)10-12-7-8-14-18(11-12)23-24-19(14)17-6-3-9-21-17/h1-11,21H,(H,22,25)(H,23,24)/b15-10-. The third-order valence-electron chi connectivity index (χ3n) is 4.46. The van der Waals surface area contributed by atoms with E-state index in [1.807, 2.05) is 66.9 Å². The van der Waals surface area contributed by atoms with Crippen molar-refractivity contribution in [3.63, 3.8) is 0 Å². The van der Waals surface area contributed by atoms with E-state index in [1.54, 1.807) is 0 Å². The number of hydrogen-bond acceptors (Lipinski definition) is 2. The van der Waals surface area contributed by atoms with Gasteiger partial charge in [0.05, 0.1) is 11.2 Å². The maximum Gasteiger partial charge on any atom is 0.256 e. The van der Waals surface area contributed by atoms with Gasteiger partial charge in [-0.3, -0.25) is 9.89 Å². The minimum absolute atomic E-state index is 0.0713. The molecule has 0 fully saturated rings. The first kappa shape index (κ1) is 13.8. The summed E-state index contributed by atoms with van der Waals surface area (Å²) in [5.41, 5.74) is 6.23. The number of benzene rings is 2. The van der Waals surface area contributed by atoms with Crippen LogP contribution in [0, 0.1) is 0 Å². The number of rotatable bonds is 2. The molecule has 2 aromatic heterocycles. The van der Waals surface area contributed by atoms with Crippen molar-refractivity contribution in [2.24, 2.45) is 0 Å². The molecule has 5 nitrogen and oxygen atoms in total. The number of nitrogens with one attached hydrogen (secondary N) is 3. The van der Waals surface area contributed by atoms with Gasteiger partial charge in [0, 0.05) is 28.4 Å². The van der Waals surface area contributed by atoms with Gasteiger partial charge in [0.2, 0.25) is 0 Å². The van der Waals surface area contributed by atoms with Crippen LogP contribution in [0.5, 0.6) is 0 Å². The number of carbonyl (C=O) groups excluding carboxylic acids is 1. The lowest BCUT2D eigenvalue weighted by atomic mass is 10.0. The number of nitrogens with zero attached hydrogens (tertiary/aromatic N) is 1. The van der Waals surface area contributed by atoms with Gasteiger partial charge in [0.25, 0.3) is 5.91 Å². The Morgan fingerprint density at radius 2 is 1.92 bits per heavy atom. The van der Waals surface area contributed by atoms with Crippen molar-refractivity contribution in [2.45, 2.75) is 0 Å². The van der Waals surface area contributed by atoms with Crippen molar-refractivity contribution in [3.8, 4) is 11.4 Å². The topological polar surface area (TPSA) is 73.6 Å². The SMILES string of the molecule is O=C1Nc2ccccc2/C1=C/c1ccc2c(-c3ccc[nH]3)n[nH]c2c1. The van der Waals surface area contributed by atoms with Crippen molar-refractivity contribution in [3.05, 3.63) is 71.9 Å². The van der Waals surface area contributed by atoms with E-state index in [2.05, 4.69) is 20.5 Å². The summed E-state index contributed by atoms with van der Waals surface area (Å²) in [6.45, 7) is 0. The molecule has 0 unspecified atom stereocenters. The monoisotopic (exact) mass is 326 g/mol. The zero-order valence-electron chi connectivity index (χ0n) is 13.2. The maximum absolute atomic E-state index is 12.3. The fourth-order valence-electron chi connectivity index (χ4n) is 3.26. The number of fused-ring (bicyclic) bond motifs is 2. The largest absolute Gasteiger partial charge is 0.360 e. The minimum Gasteiger partial charge on any atom is -0.360 e. The Morgan fingerprint density at radius 1 is 1.00 bits per heavy atom. The lowest BCUT2D eigenvalue weighted by Gasteiger charge is -1.99. The molecule has 120 valence electrons. The van der Waals surface area contributed by atoms with Crippen LogP contribution in [-0.4, -0.2) is 21.1 Å². The van der Waals surface area contributed by atoms with Gasteiger partial charge in [-0.25, -0.2) is 0 Å². The van der Waals surface area contributed by atoms with Crippen LogP contribution < -0.4 is 5.32 Å². The quantitative estimate of drug-likeness (QED) is 0.486. The fourth-order valence-corrected chi connectivity index (χ4v) is 3.26. The number of para-hydroxylation sites is 1. The van der Waals surface area contributed by atoms with Gasteiger partial charge >= 0.3 is 0 Å². The van der Waals surface area contributed by atoms with Crippen LogP contribution in [-0.2, 0) is 4.79 Å². The average Bonchev–Trinajstić information content (AvgIpc) is 3.34. The highest BCUT2D eigenvalue weighted by Crippen LogP contribution is 2.33. The molecule has 0 saturated heterocycles. The first-order valence-electron chi connectivity index (χ1n) is 8.04. The van der Waals surface area contributed by atoms with Crippen LogP contribution in [0.1, 0.15) is 11.1 Å². The molecule has 0 atom stereocenters. The molecular weight excluding hydrogens is 312 g/mol. The smallest absolute Gasteiger partial charge is 0.256 e. The number of aromatic nitrogens is 3. The van der Waals surface area contributed by atoms with E-state index in [4.69, 9.17) is 0 Å². The molecule has 3 N–H and O–H groups in total. The predicted molar refractivity (Wildman–Crippen MR) is 98.8 cm³/mol. The second-order valence-corrected chi connectivity index (χ2v) is 6.02. The summed E-state index contributed by atoms with van der Waals surface area (Å²) in [5, 5.41) is 11.4. The van der Waals surface area contributed by atoms with Crippen molar-refractivity contribution in [2.75, 3.05) is 5.32 Å². The summed E-state index contributed by atoms with van der Waals surface area (Å²) in [4.78, 5) is 15.4. The van der Waals surface area contributed by atoms with Gasteiger partial charge < -0.3 is 10.3 Å². The van der Waals surface area contributed by atoms with Crippen LogP contribution in [0.25, 0.3) is 33.9 Å². The number of carbonyl (C=O) groups is 1. The fraction of sp³-hybridized carbons (Fsp3) is 0. The second kappa shape index (κ2) is 5.21. The summed E-state index contributed by atoms with van der Waals surface area (Å²) < 4.78 is 0. The summed E-state index contributed by atoms with van der Waals surface area (Å²) in [6, 6.07) is 17.7. The molecule has 1 aliphatic heterocycles. The number of amides is 1. The van der Waals surface area contributed by atoms with Gasteiger partial charge in [-0.1, -0.05) is 24.3 Å². The summed E-state index contributed by atoms with van der Waals surface area (Å²) in [7, 11) is 0.